The summed E-state index contributed by atoms with van der Waals surface area (Å²) in [6.45, 7) is 0.404. The van der Waals surface area contributed by atoms with E-state index >= 15 is 0 Å². The smallest absolute Gasteiger partial charge is 0.237 e. The van der Waals surface area contributed by atoms with Crippen LogP contribution in [0.3, 0.4) is 0 Å². The van der Waals surface area contributed by atoms with Crippen molar-refractivity contribution in [3.8, 4) is 0 Å². The maximum absolute atomic E-state index is 11.9. The van der Waals surface area contributed by atoms with Crippen molar-refractivity contribution in [3.05, 3.63) is 54.1 Å². The number of nitrogens with zero attached hydrogens (tertiary/aromatic N) is 2. The molecule has 1 atom stereocenters. The number of amides is 1. The number of rotatable bonds is 6. The summed E-state index contributed by atoms with van der Waals surface area (Å²) in [5.41, 5.74) is 7.10. The Morgan fingerprint density at radius 1 is 1.40 bits per heavy atom. The monoisotopic (exact) mass is 272 g/mol. The average molecular weight is 272 g/mol. The first-order valence-corrected chi connectivity index (χ1v) is 6.70. The van der Waals surface area contributed by atoms with Crippen LogP contribution >= 0.6 is 0 Å². The highest BCUT2D eigenvalue weighted by Gasteiger charge is 2.13. The van der Waals surface area contributed by atoms with E-state index in [1.54, 1.807) is 6.20 Å². The molecule has 0 saturated carbocycles. The standard InChI is InChI=1S/C15H20N4O/c1-19-10-9-17-14(19)11-18-15(20)13(16)8-7-12-5-3-2-4-6-12/h2-6,9-10,13H,7-8,11,16H2,1H3,(H,18,20)/t13-/m0/s1. The minimum absolute atomic E-state index is 0.135. The van der Waals surface area contributed by atoms with E-state index in [1.807, 2.05) is 48.1 Å². The van der Waals surface area contributed by atoms with Crippen molar-refractivity contribution in [3.63, 3.8) is 0 Å². The van der Waals surface area contributed by atoms with E-state index in [9.17, 15) is 4.79 Å². The number of aromatic nitrogens is 2. The number of benzene rings is 1. The maximum Gasteiger partial charge on any atom is 0.237 e. The molecule has 1 aromatic heterocycles. The fourth-order valence-corrected chi connectivity index (χ4v) is 1.96. The molecule has 2 aromatic rings. The van der Waals surface area contributed by atoms with Crippen LogP contribution in [0.1, 0.15) is 17.8 Å². The van der Waals surface area contributed by atoms with Crippen LogP contribution in [0.15, 0.2) is 42.7 Å². The van der Waals surface area contributed by atoms with Crippen LogP contribution in [-0.2, 0) is 24.8 Å². The van der Waals surface area contributed by atoms with Gasteiger partial charge < -0.3 is 15.6 Å². The van der Waals surface area contributed by atoms with Crippen molar-refractivity contribution in [2.75, 3.05) is 0 Å². The lowest BCUT2D eigenvalue weighted by atomic mass is 10.1. The van der Waals surface area contributed by atoms with Gasteiger partial charge in [-0.15, -0.1) is 0 Å². The van der Waals surface area contributed by atoms with Gasteiger partial charge in [0.1, 0.15) is 5.82 Å². The molecule has 20 heavy (non-hydrogen) atoms. The van der Waals surface area contributed by atoms with Gasteiger partial charge in [-0.05, 0) is 18.4 Å². The van der Waals surface area contributed by atoms with E-state index in [2.05, 4.69) is 10.3 Å². The van der Waals surface area contributed by atoms with Gasteiger partial charge in [0, 0.05) is 19.4 Å². The number of carbonyl (C=O) groups excluding carboxylic acids is 1. The topological polar surface area (TPSA) is 72.9 Å². The maximum atomic E-state index is 11.9. The number of aryl methyl sites for hydroxylation is 2. The largest absolute Gasteiger partial charge is 0.348 e. The number of nitrogens with one attached hydrogen (secondary N) is 1. The Morgan fingerprint density at radius 2 is 2.15 bits per heavy atom. The third-order valence-electron chi connectivity index (χ3n) is 3.27. The molecule has 5 nitrogen and oxygen atoms in total. The van der Waals surface area contributed by atoms with E-state index in [4.69, 9.17) is 5.73 Å². The number of imidazole rings is 1. The molecule has 5 heteroatoms. The fourth-order valence-electron chi connectivity index (χ4n) is 1.96. The van der Waals surface area contributed by atoms with E-state index in [1.165, 1.54) is 5.56 Å². The van der Waals surface area contributed by atoms with Crippen LogP contribution in [0.5, 0.6) is 0 Å². The summed E-state index contributed by atoms with van der Waals surface area (Å²) in [5, 5.41) is 2.81. The lowest BCUT2D eigenvalue weighted by Crippen LogP contribution is -2.40. The SMILES string of the molecule is Cn1ccnc1CNC(=O)[C@@H](N)CCc1ccccc1. The van der Waals surface area contributed by atoms with Crippen molar-refractivity contribution >= 4 is 5.91 Å². The highest BCUT2D eigenvalue weighted by atomic mass is 16.2. The van der Waals surface area contributed by atoms with E-state index < -0.39 is 6.04 Å². The van der Waals surface area contributed by atoms with Gasteiger partial charge >= 0.3 is 0 Å². The number of nitrogens with two attached hydrogens (primary N) is 1. The second-order valence-electron chi connectivity index (χ2n) is 4.80. The molecule has 0 radical (unpaired) electrons. The molecule has 106 valence electrons. The Morgan fingerprint density at radius 3 is 2.80 bits per heavy atom. The van der Waals surface area contributed by atoms with Gasteiger partial charge in [0.25, 0.3) is 0 Å². The quantitative estimate of drug-likeness (QED) is 0.824. The third-order valence-corrected chi connectivity index (χ3v) is 3.27. The average Bonchev–Trinajstić information content (AvgIpc) is 2.88. The van der Waals surface area contributed by atoms with Crippen molar-refractivity contribution < 1.29 is 4.79 Å². The zero-order valence-corrected chi connectivity index (χ0v) is 11.6. The zero-order valence-electron chi connectivity index (χ0n) is 11.6. The van der Waals surface area contributed by atoms with Crippen LogP contribution in [0, 0.1) is 0 Å². The molecule has 0 unspecified atom stereocenters. The van der Waals surface area contributed by atoms with Crippen molar-refractivity contribution in [1.82, 2.24) is 14.9 Å². The molecule has 1 amide bonds. The molecule has 0 spiro atoms. The molecular weight excluding hydrogens is 252 g/mol. The van der Waals surface area contributed by atoms with Gasteiger partial charge in [-0.3, -0.25) is 4.79 Å². The molecule has 0 fully saturated rings. The predicted octanol–water partition coefficient (Wildman–Crippen LogP) is 0.996. The molecule has 2 rings (SSSR count). The Bertz CT molecular complexity index is 550. The molecule has 1 heterocycles. The van der Waals surface area contributed by atoms with Gasteiger partial charge in [-0.25, -0.2) is 4.98 Å². The molecule has 0 aliphatic heterocycles. The molecule has 0 bridgehead atoms. The number of hydrogen-bond acceptors (Lipinski definition) is 3. The van der Waals surface area contributed by atoms with Crippen LogP contribution < -0.4 is 11.1 Å². The van der Waals surface area contributed by atoms with Gasteiger partial charge in [-0.1, -0.05) is 30.3 Å². The first kappa shape index (κ1) is 14.3. The summed E-state index contributed by atoms with van der Waals surface area (Å²) in [6.07, 6.45) is 4.99. The van der Waals surface area contributed by atoms with Crippen LogP contribution in [0.2, 0.25) is 0 Å². The second kappa shape index (κ2) is 6.86. The first-order valence-electron chi connectivity index (χ1n) is 6.70. The predicted molar refractivity (Wildman–Crippen MR) is 77.8 cm³/mol. The van der Waals surface area contributed by atoms with Gasteiger partial charge in [0.05, 0.1) is 12.6 Å². The van der Waals surface area contributed by atoms with Gasteiger partial charge in [-0.2, -0.15) is 0 Å². The molecule has 0 aliphatic rings. The van der Waals surface area contributed by atoms with Crippen LogP contribution in [-0.4, -0.2) is 21.5 Å². The van der Waals surface area contributed by atoms with Gasteiger partial charge in [0.2, 0.25) is 5.91 Å². The summed E-state index contributed by atoms with van der Waals surface area (Å²) in [5.74, 6) is 0.678. The molecule has 1 aromatic carbocycles. The van der Waals surface area contributed by atoms with Gasteiger partial charge in [0.15, 0.2) is 0 Å². The molecule has 0 aliphatic carbocycles. The van der Waals surface area contributed by atoms with Crippen LogP contribution in [0.4, 0.5) is 0 Å². The summed E-state index contributed by atoms with van der Waals surface area (Å²) in [7, 11) is 1.89. The minimum Gasteiger partial charge on any atom is -0.348 e. The summed E-state index contributed by atoms with van der Waals surface area (Å²) in [6, 6.07) is 9.54. The highest BCUT2D eigenvalue weighted by molar-refractivity contribution is 5.81. The summed E-state index contributed by atoms with van der Waals surface area (Å²) < 4.78 is 1.87. The Balaban J connectivity index is 1.76. The molecule has 3 N–H and O–H groups in total. The minimum atomic E-state index is -0.490. The first-order chi connectivity index (χ1) is 9.66. The Labute approximate surface area is 118 Å². The van der Waals surface area contributed by atoms with Crippen molar-refractivity contribution in [2.45, 2.75) is 25.4 Å². The van der Waals surface area contributed by atoms with E-state index in [-0.39, 0.29) is 5.91 Å². The normalized spacial score (nSPS) is 12.1. The van der Waals surface area contributed by atoms with Crippen molar-refractivity contribution in [2.24, 2.45) is 12.8 Å². The van der Waals surface area contributed by atoms with E-state index in [0.29, 0.717) is 13.0 Å². The Kier molecular flexibility index (Phi) is 4.90. The summed E-state index contributed by atoms with van der Waals surface area (Å²) >= 11 is 0. The molecule has 0 saturated heterocycles. The highest BCUT2D eigenvalue weighted by Crippen LogP contribution is 2.04. The lowest BCUT2D eigenvalue weighted by molar-refractivity contribution is -0.122. The fraction of sp³-hybridized carbons (Fsp3) is 0.333. The zero-order chi connectivity index (χ0) is 14.4. The molecular formula is C15H20N4O. The summed E-state index contributed by atoms with van der Waals surface area (Å²) in [4.78, 5) is 16.0. The number of carbonyl (C=O) groups is 1. The lowest BCUT2D eigenvalue weighted by Gasteiger charge is -2.12. The van der Waals surface area contributed by atoms with E-state index in [0.717, 1.165) is 12.2 Å². The number of hydrogen-bond donors (Lipinski definition) is 2. The Hall–Kier alpha value is -2.14. The third kappa shape index (κ3) is 3.93. The van der Waals surface area contributed by atoms with Crippen molar-refractivity contribution in [1.29, 1.82) is 0 Å². The second-order valence-corrected chi connectivity index (χ2v) is 4.80. The van der Waals surface area contributed by atoms with Crippen LogP contribution in [0.25, 0.3) is 0 Å².